The van der Waals surface area contributed by atoms with Crippen molar-refractivity contribution in [2.45, 2.75) is 6.10 Å². The summed E-state index contributed by atoms with van der Waals surface area (Å²) in [5, 5.41) is 12.6. The summed E-state index contributed by atoms with van der Waals surface area (Å²) < 4.78 is 5.21. The van der Waals surface area contributed by atoms with Gasteiger partial charge in [0.05, 0.1) is 7.11 Å². The number of nitrogens with zero attached hydrogens (tertiary/aromatic N) is 2. The highest BCUT2D eigenvalue weighted by Gasteiger charge is 2.18. The summed E-state index contributed by atoms with van der Waals surface area (Å²) in [5.41, 5.74) is 1.38. The van der Waals surface area contributed by atoms with Crippen LogP contribution in [-0.4, -0.2) is 22.2 Å². The summed E-state index contributed by atoms with van der Waals surface area (Å²) in [5.74, 6) is 0.424. The first-order valence-electron chi connectivity index (χ1n) is 6.31. The SMILES string of the molecule is COc1ncccc1C(O)c1cncc2ccccc12. The number of benzene rings is 1. The second kappa shape index (κ2) is 5.27. The van der Waals surface area contributed by atoms with Crippen LogP contribution in [0.3, 0.4) is 0 Å². The predicted molar refractivity (Wildman–Crippen MR) is 76.6 cm³/mol. The van der Waals surface area contributed by atoms with Crippen molar-refractivity contribution >= 4 is 10.8 Å². The molecule has 0 fully saturated rings. The highest BCUT2D eigenvalue weighted by atomic mass is 16.5. The van der Waals surface area contributed by atoms with Crippen LogP contribution in [0.1, 0.15) is 17.2 Å². The highest BCUT2D eigenvalue weighted by Crippen LogP contribution is 2.31. The lowest BCUT2D eigenvalue weighted by molar-refractivity contribution is 0.214. The topological polar surface area (TPSA) is 55.2 Å². The van der Waals surface area contributed by atoms with Gasteiger partial charge in [-0.25, -0.2) is 4.98 Å². The molecule has 0 aliphatic carbocycles. The van der Waals surface area contributed by atoms with Gasteiger partial charge in [0, 0.05) is 35.1 Å². The van der Waals surface area contributed by atoms with Gasteiger partial charge in [-0.15, -0.1) is 0 Å². The van der Waals surface area contributed by atoms with Gasteiger partial charge in [-0.2, -0.15) is 0 Å². The fourth-order valence-corrected chi connectivity index (χ4v) is 2.31. The lowest BCUT2D eigenvalue weighted by atomic mass is 9.99. The first kappa shape index (κ1) is 12.6. The van der Waals surface area contributed by atoms with Crippen LogP contribution < -0.4 is 4.74 Å². The molecule has 0 saturated carbocycles. The smallest absolute Gasteiger partial charge is 0.219 e. The molecule has 1 atom stereocenters. The fourth-order valence-electron chi connectivity index (χ4n) is 2.31. The van der Waals surface area contributed by atoms with Crippen LogP contribution in [0.25, 0.3) is 10.8 Å². The molecule has 0 amide bonds. The molecule has 1 aromatic carbocycles. The van der Waals surface area contributed by atoms with Crippen LogP contribution in [0.15, 0.2) is 55.0 Å². The normalized spacial score (nSPS) is 12.3. The van der Waals surface area contributed by atoms with Gasteiger partial charge in [-0.05, 0) is 17.5 Å². The van der Waals surface area contributed by atoms with Gasteiger partial charge in [0.15, 0.2) is 0 Å². The number of rotatable bonds is 3. The third kappa shape index (κ3) is 2.10. The summed E-state index contributed by atoms with van der Waals surface area (Å²) in [6, 6.07) is 11.4. The molecule has 0 aliphatic heterocycles. The monoisotopic (exact) mass is 266 g/mol. The van der Waals surface area contributed by atoms with Gasteiger partial charge >= 0.3 is 0 Å². The summed E-state index contributed by atoms with van der Waals surface area (Å²) in [6.07, 6.45) is 4.28. The van der Waals surface area contributed by atoms with Crippen LogP contribution in [0, 0.1) is 0 Å². The second-order valence-electron chi connectivity index (χ2n) is 4.45. The Morgan fingerprint density at radius 1 is 1.05 bits per heavy atom. The zero-order chi connectivity index (χ0) is 13.9. The lowest BCUT2D eigenvalue weighted by Crippen LogP contribution is -2.04. The number of aromatic nitrogens is 2. The molecule has 2 aromatic heterocycles. The Kier molecular flexibility index (Phi) is 3.31. The number of aliphatic hydroxyl groups is 1. The number of pyridine rings is 2. The summed E-state index contributed by atoms with van der Waals surface area (Å²) in [7, 11) is 1.54. The van der Waals surface area contributed by atoms with Gasteiger partial charge in [0.2, 0.25) is 5.88 Å². The van der Waals surface area contributed by atoms with Crippen molar-refractivity contribution < 1.29 is 9.84 Å². The average molecular weight is 266 g/mol. The Labute approximate surface area is 116 Å². The quantitative estimate of drug-likeness (QED) is 0.792. The van der Waals surface area contributed by atoms with Crippen LogP contribution in [-0.2, 0) is 0 Å². The van der Waals surface area contributed by atoms with E-state index in [0.29, 0.717) is 11.4 Å². The molecule has 0 aliphatic rings. The molecule has 0 spiro atoms. The van der Waals surface area contributed by atoms with Gasteiger partial charge in [0.25, 0.3) is 0 Å². The Morgan fingerprint density at radius 3 is 2.75 bits per heavy atom. The van der Waals surface area contributed by atoms with E-state index in [1.54, 1.807) is 37.8 Å². The van der Waals surface area contributed by atoms with Crippen LogP contribution in [0.5, 0.6) is 5.88 Å². The minimum absolute atomic E-state index is 0.424. The lowest BCUT2D eigenvalue weighted by Gasteiger charge is -2.15. The molecule has 3 rings (SSSR count). The number of aliphatic hydroxyl groups excluding tert-OH is 1. The van der Waals surface area contributed by atoms with Crippen LogP contribution in [0.4, 0.5) is 0 Å². The van der Waals surface area contributed by atoms with E-state index in [4.69, 9.17) is 4.74 Å². The van der Waals surface area contributed by atoms with Crippen LogP contribution in [0.2, 0.25) is 0 Å². The molecular weight excluding hydrogens is 252 g/mol. The maximum absolute atomic E-state index is 10.6. The summed E-state index contributed by atoms with van der Waals surface area (Å²) in [4.78, 5) is 8.31. The Bertz CT molecular complexity index is 738. The van der Waals surface area contributed by atoms with E-state index in [1.165, 1.54) is 0 Å². The highest BCUT2D eigenvalue weighted by molar-refractivity contribution is 5.85. The Morgan fingerprint density at radius 2 is 1.90 bits per heavy atom. The molecule has 4 nitrogen and oxygen atoms in total. The van der Waals surface area contributed by atoms with Gasteiger partial charge in [0.1, 0.15) is 6.10 Å². The Hall–Kier alpha value is -2.46. The fraction of sp³-hybridized carbons (Fsp3) is 0.125. The van der Waals surface area contributed by atoms with E-state index in [0.717, 1.165) is 16.3 Å². The first-order valence-corrected chi connectivity index (χ1v) is 6.31. The molecule has 2 heterocycles. The molecule has 3 aromatic rings. The summed E-state index contributed by atoms with van der Waals surface area (Å²) in [6.45, 7) is 0. The molecule has 1 unspecified atom stereocenters. The van der Waals surface area contributed by atoms with Gasteiger partial charge in [-0.1, -0.05) is 24.3 Å². The van der Waals surface area contributed by atoms with Crippen molar-refractivity contribution in [2.75, 3.05) is 7.11 Å². The van der Waals surface area contributed by atoms with E-state index >= 15 is 0 Å². The third-order valence-corrected chi connectivity index (χ3v) is 3.28. The first-order chi connectivity index (χ1) is 9.81. The minimum atomic E-state index is -0.822. The molecule has 0 bridgehead atoms. The number of fused-ring (bicyclic) bond motifs is 1. The van der Waals surface area contributed by atoms with E-state index in [9.17, 15) is 5.11 Å². The molecule has 100 valence electrons. The predicted octanol–water partition coefficient (Wildman–Crippen LogP) is 2.72. The molecule has 1 N–H and O–H groups in total. The van der Waals surface area contributed by atoms with Gasteiger partial charge < -0.3 is 9.84 Å². The van der Waals surface area contributed by atoms with Crippen molar-refractivity contribution in [1.29, 1.82) is 0 Å². The zero-order valence-corrected chi connectivity index (χ0v) is 11.0. The number of hydrogen-bond acceptors (Lipinski definition) is 4. The third-order valence-electron chi connectivity index (χ3n) is 3.28. The number of methoxy groups -OCH3 is 1. The van der Waals surface area contributed by atoms with E-state index in [2.05, 4.69) is 9.97 Å². The maximum atomic E-state index is 10.6. The van der Waals surface area contributed by atoms with E-state index in [-0.39, 0.29) is 0 Å². The molecule has 20 heavy (non-hydrogen) atoms. The zero-order valence-electron chi connectivity index (χ0n) is 11.0. The van der Waals surface area contributed by atoms with E-state index in [1.807, 2.05) is 24.3 Å². The standard InChI is InChI=1S/C16H14N2O2/c1-20-16-13(7-4-8-18-16)15(19)14-10-17-9-11-5-2-3-6-12(11)14/h2-10,15,19H,1H3. The largest absolute Gasteiger partial charge is 0.481 e. The minimum Gasteiger partial charge on any atom is -0.481 e. The molecule has 4 heteroatoms. The second-order valence-corrected chi connectivity index (χ2v) is 4.45. The van der Waals surface area contributed by atoms with Crippen molar-refractivity contribution in [3.05, 3.63) is 66.1 Å². The molecule has 0 saturated heterocycles. The number of hydrogen-bond donors (Lipinski definition) is 1. The van der Waals surface area contributed by atoms with Crippen molar-refractivity contribution in [3.63, 3.8) is 0 Å². The maximum Gasteiger partial charge on any atom is 0.219 e. The van der Waals surface area contributed by atoms with Gasteiger partial charge in [-0.3, -0.25) is 4.98 Å². The Balaban J connectivity index is 2.15. The van der Waals surface area contributed by atoms with Crippen LogP contribution >= 0.6 is 0 Å². The van der Waals surface area contributed by atoms with Crippen molar-refractivity contribution in [3.8, 4) is 5.88 Å². The average Bonchev–Trinajstić information content (AvgIpc) is 2.53. The summed E-state index contributed by atoms with van der Waals surface area (Å²) >= 11 is 0. The number of ether oxygens (including phenoxy) is 1. The molecule has 0 radical (unpaired) electrons. The van der Waals surface area contributed by atoms with Crippen molar-refractivity contribution in [2.24, 2.45) is 0 Å². The molecular formula is C16H14N2O2. The van der Waals surface area contributed by atoms with Crippen molar-refractivity contribution in [1.82, 2.24) is 9.97 Å². The van der Waals surface area contributed by atoms with E-state index < -0.39 is 6.10 Å².